The zero-order valence-corrected chi connectivity index (χ0v) is 19.6. The van der Waals surface area contributed by atoms with Crippen molar-refractivity contribution >= 4 is 26.9 Å². The molecule has 0 aliphatic carbocycles. The van der Waals surface area contributed by atoms with Gasteiger partial charge in [-0.2, -0.15) is 0 Å². The van der Waals surface area contributed by atoms with Crippen LogP contribution in [0.5, 0.6) is 0 Å². The largest absolute Gasteiger partial charge is 0.455 e. The second kappa shape index (κ2) is 9.62. The zero-order chi connectivity index (χ0) is 24.3. The number of rotatable bonds is 7. The Labute approximate surface area is 197 Å². The second-order valence-corrected chi connectivity index (χ2v) is 9.82. The van der Waals surface area contributed by atoms with Crippen LogP contribution in [-0.4, -0.2) is 21.4 Å². The lowest BCUT2D eigenvalue weighted by atomic mass is 10.0. The van der Waals surface area contributed by atoms with Crippen molar-refractivity contribution in [1.29, 1.82) is 0 Å². The molecule has 1 amide bonds. The van der Waals surface area contributed by atoms with Gasteiger partial charge in [-0.25, -0.2) is 13.1 Å². The van der Waals surface area contributed by atoms with Crippen molar-refractivity contribution in [3.63, 3.8) is 0 Å². The highest BCUT2D eigenvalue weighted by Crippen LogP contribution is 2.27. The fourth-order valence-corrected chi connectivity index (χ4v) is 4.45. The number of amides is 1. The van der Waals surface area contributed by atoms with Gasteiger partial charge in [-0.3, -0.25) is 9.59 Å². The van der Waals surface area contributed by atoms with Crippen molar-refractivity contribution < 1.29 is 17.6 Å². The quantitative estimate of drug-likeness (QED) is 0.423. The van der Waals surface area contributed by atoms with E-state index in [-0.39, 0.29) is 34.8 Å². The molecular weight excluding hydrogens is 452 g/mol. The molecule has 7 nitrogen and oxygen atoms in total. The summed E-state index contributed by atoms with van der Waals surface area (Å²) in [5.41, 5.74) is 3.02. The van der Waals surface area contributed by atoms with Gasteiger partial charge in [0.2, 0.25) is 10.0 Å². The number of nitrogens with one attached hydrogen (secondary N) is 2. The van der Waals surface area contributed by atoms with Gasteiger partial charge < -0.3 is 9.73 Å². The molecule has 1 aromatic heterocycles. The van der Waals surface area contributed by atoms with Crippen molar-refractivity contribution in [3.05, 3.63) is 105 Å². The van der Waals surface area contributed by atoms with E-state index in [2.05, 4.69) is 10.0 Å². The molecule has 0 saturated carbocycles. The standard InChI is InChI=1S/C26H24N2O5S/c1-17-23(29)21-9-6-10-22(25(21)33-24(17)20-7-4-3-5-8-20)26(30)28-15-18-11-13-19(14-12-18)16-34(31,32)27-2/h3-14,27H,15-16H2,1-2H3,(H,28,30). The van der Waals surface area contributed by atoms with Crippen LogP contribution in [0.3, 0.4) is 0 Å². The van der Waals surface area contributed by atoms with E-state index < -0.39 is 10.0 Å². The van der Waals surface area contributed by atoms with Crippen molar-refractivity contribution in [2.24, 2.45) is 0 Å². The molecule has 1 heterocycles. The van der Waals surface area contributed by atoms with Gasteiger partial charge in [0.25, 0.3) is 5.91 Å². The molecule has 0 fully saturated rings. The highest BCUT2D eigenvalue weighted by Gasteiger charge is 2.18. The molecule has 0 aliphatic heterocycles. The fourth-order valence-electron chi connectivity index (χ4n) is 3.68. The summed E-state index contributed by atoms with van der Waals surface area (Å²) in [5, 5.41) is 3.20. The molecular formula is C26H24N2O5S. The molecule has 0 radical (unpaired) electrons. The Hall–Kier alpha value is -3.75. The summed E-state index contributed by atoms with van der Waals surface area (Å²) >= 11 is 0. The average Bonchev–Trinajstić information content (AvgIpc) is 2.85. The minimum atomic E-state index is -3.35. The number of fused-ring (bicyclic) bond motifs is 1. The van der Waals surface area contributed by atoms with Crippen LogP contribution >= 0.6 is 0 Å². The highest BCUT2D eigenvalue weighted by atomic mass is 32.2. The zero-order valence-electron chi connectivity index (χ0n) is 18.8. The van der Waals surface area contributed by atoms with Gasteiger partial charge in [-0.05, 0) is 37.2 Å². The van der Waals surface area contributed by atoms with Crippen molar-refractivity contribution in [2.45, 2.75) is 19.2 Å². The molecule has 0 saturated heterocycles. The second-order valence-electron chi connectivity index (χ2n) is 7.90. The summed E-state index contributed by atoms with van der Waals surface area (Å²) in [4.78, 5) is 26.0. The minimum Gasteiger partial charge on any atom is -0.455 e. The molecule has 3 aromatic carbocycles. The van der Waals surface area contributed by atoms with Crippen LogP contribution in [0.4, 0.5) is 0 Å². The van der Waals surface area contributed by atoms with E-state index in [1.165, 1.54) is 7.05 Å². The molecule has 0 atom stereocenters. The van der Waals surface area contributed by atoms with E-state index in [4.69, 9.17) is 4.42 Å². The Bertz CT molecular complexity index is 1510. The van der Waals surface area contributed by atoms with Crippen molar-refractivity contribution in [1.82, 2.24) is 10.0 Å². The Morgan fingerprint density at radius 3 is 2.26 bits per heavy atom. The van der Waals surface area contributed by atoms with E-state index in [0.717, 1.165) is 11.1 Å². The fraction of sp³-hybridized carbons (Fsp3) is 0.154. The molecule has 0 bridgehead atoms. The lowest BCUT2D eigenvalue weighted by Crippen LogP contribution is -2.23. The molecule has 4 rings (SSSR count). The monoisotopic (exact) mass is 476 g/mol. The van der Waals surface area contributed by atoms with E-state index in [9.17, 15) is 18.0 Å². The topological polar surface area (TPSA) is 105 Å². The molecule has 0 unspecified atom stereocenters. The van der Waals surface area contributed by atoms with Crippen LogP contribution in [0.15, 0.2) is 82.0 Å². The lowest BCUT2D eigenvalue weighted by Gasteiger charge is -2.11. The first-order chi connectivity index (χ1) is 16.3. The normalized spacial score (nSPS) is 11.5. The summed E-state index contributed by atoms with van der Waals surface area (Å²) in [7, 11) is -1.98. The summed E-state index contributed by atoms with van der Waals surface area (Å²) in [6, 6.07) is 21.2. The maximum absolute atomic E-state index is 13.0. The van der Waals surface area contributed by atoms with Gasteiger partial charge in [-0.15, -0.1) is 0 Å². The van der Waals surface area contributed by atoms with E-state index in [0.29, 0.717) is 22.3 Å². The summed E-state index contributed by atoms with van der Waals surface area (Å²) in [5.74, 6) is -0.0575. The highest BCUT2D eigenvalue weighted by molar-refractivity contribution is 7.88. The van der Waals surface area contributed by atoms with Gasteiger partial charge in [0.05, 0.1) is 16.7 Å². The molecule has 4 aromatic rings. The Kier molecular flexibility index (Phi) is 6.63. The predicted octanol–water partition coefficient (Wildman–Crippen LogP) is 3.75. The summed E-state index contributed by atoms with van der Waals surface area (Å²) < 4.78 is 31.8. The molecule has 8 heteroatoms. The van der Waals surface area contributed by atoms with Gasteiger partial charge >= 0.3 is 0 Å². The number of carbonyl (C=O) groups is 1. The van der Waals surface area contributed by atoms with Gasteiger partial charge in [0.15, 0.2) is 11.0 Å². The van der Waals surface area contributed by atoms with Crippen LogP contribution in [0.2, 0.25) is 0 Å². The van der Waals surface area contributed by atoms with Crippen LogP contribution in [0, 0.1) is 6.92 Å². The molecule has 0 aliphatic rings. The Morgan fingerprint density at radius 2 is 1.59 bits per heavy atom. The van der Waals surface area contributed by atoms with Crippen LogP contribution in [0.1, 0.15) is 27.0 Å². The number of hydrogen-bond acceptors (Lipinski definition) is 5. The van der Waals surface area contributed by atoms with Crippen LogP contribution in [-0.2, 0) is 22.3 Å². The first-order valence-electron chi connectivity index (χ1n) is 10.7. The number of hydrogen-bond donors (Lipinski definition) is 2. The molecule has 174 valence electrons. The van der Waals surface area contributed by atoms with Crippen molar-refractivity contribution in [2.75, 3.05) is 7.05 Å². The number of carbonyl (C=O) groups excluding carboxylic acids is 1. The van der Waals surface area contributed by atoms with Gasteiger partial charge in [0.1, 0.15) is 5.76 Å². The van der Waals surface area contributed by atoms with E-state index >= 15 is 0 Å². The molecule has 34 heavy (non-hydrogen) atoms. The van der Waals surface area contributed by atoms with Gasteiger partial charge in [-0.1, -0.05) is 60.7 Å². The number of benzene rings is 3. The Balaban J connectivity index is 1.59. The third-order valence-corrected chi connectivity index (χ3v) is 6.90. The first kappa shape index (κ1) is 23.4. The maximum atomic E-state index is 13.0. The SMILES string of the molecule is CNS(=O)(=O)Cc1ccc(CNC(=O)c2cccc3c(=O)c(C)c(-c4ccccc4)oc23)cc1. The Morgan fingerprint density at radius 1 is 0.912 bits per heavy atom. The van der Waals surface area contributed by atoms with E-state index in [1.54, 1.807) is 49.4 Å². The van der Waals surface area contributed by atoms with Crippen LogP contribution in [0.25, 0.3) is 22.3 Å². The predicted molar refractivity (Wildman–Crippen MR) is 132 cm³/mol. The van der Waals surface area contributed by atoms with Crippen LogP contribution < -0.4 is 15.5 Å². The van der Waals surface area contributed by atoms with Crippen molar-refractivity contribution in [3.8, 4) is 11.3 Å². The van der Waals surface area contributed by atoms with Gasteiger partial charge in [0, 0.05) is 17.7 Å². The summed E-state index contributed by atoms with van der Waals surface area (Å²) in [6.45, 7) is 1.95. The van der Waals surface area contributed by atoms with E-state index in [1.807, 2.05) is 30.3 Å². The first-order valence-corrected chi connectivity index (χ1v) is 12.3. The smallest absolute Gasteiger partial charge is 0.255 e. The average molecular weight is 477 g/mol. The summed E-state index contributed by atoms with van der Waals surface area (Å²) in [6.07, 6.45) is 0. The maximum Gasteiger partial charge on any atom is 0.255 e. The lowest BCUT2D eigenvalue weighted by molar-refractivity contribution is 0.0951. The molecule has 2 N–H and O–H groups in total. The number of sulfonamides is 1. The molecule has 0 spiro atoms. The minimum absolute atomic E-state index is 0.117. The third kappa shape index (κ3) is 4.93. The number of para-hydroxylation sites is 1. The third-order valence-electron chi connectivity index (χ3n) is 5.57.